The molecule has 2 aromatic heterocycles. The van der Waals surface area contributed by atoms with Crippen LogP contribution in [0.4, 0.5) is 0 Å². The molecule has 6 nitrogen and oxygen atoms in total. The number of aromatic amines is 1. The van der Waals surface area contributed by atoms with Crippen molar-refractivity contribution in [3.8, 4) is 22.6 Å². The number of rotatable bonds is 11. The lowest BCUT2D eigenvalue weighted by atomic mass is 9.97. The topological polar surface area (TPSA) is 77.6 Å². The highest BCUT2D eigenvalue weighted by Gasteiger charge is 2.15. The highest BCUT2D eigenvalue weighted by atomic mass is 32.1. The van der Waals surface area contributed by atoms with Gasteiger partial charge in [-0.3, -0.25) is 4.79 Å². The molecule has 0 aliphatic carbocycles. The second-order valence-corrected chi connectivity index (χ2v) is 8.92. The fourth-order valence-corrected chi connectivity index (χ4v) is 4.93. The van der Waals surface area contributed by atoms with Gasteiger partial charge in [-0.2, -0.15) is 0 Å². The summed E-state index contributed by atoms with van der Waals surface area (Å²) in [6.07, 6.45) is 0.938. The number of likely N-dealkylation sites (N-methyl/N-ethyl adjacent to an activating group) is 1. The van der Waals surface area contributed by atoms with E-state index in [-0.39, 0.29) is 11.3 Å². The monoisotopic (exact) mass is 465 g/mol. The normalized spacial score (nSPS) is 11.6. The Morgan fingerprint density at radius 3 is 2.61 bits per heavy atom. The quantitative estimate of drug-likeness (QED) is 0.277. The minimum atomic E-state index is -0.101. The first-order chi connectivity index (χ1) is 16.1. The molecule has 0 atom stereocenters. The molecule has 2 heterocycles. The first-order valence-electron chi connectivity index (χ1n) is 11.5. The van der Waals surface area contributed by atoms with Crippen molar-refractivity contribution in [2.75, 3.05) is 39.3 Å². The van der Waals surface area contributed by atoms with Crippen LogP contribution in [0.2, 0.25) is 0 Å². The van der Waals surface area contributed by atoms with Crippen LogP contribution < -0.4 is 15.6 Å². The molecule has 174 valence electrons. The Balaban J connectivity index is 1.41. The molecule has 0 aliphatic rings. The second kappa shape index (κ2) is 10.8. The molecule has 2 aromatic carbocycles. The van der Waals surface area contributed by atoms with Crippen LogP contribution in [-0.2, 0) is 0 Å². The molecule has 0 saturated heterocycles. The minimum absolute atomic E-state index is 0.101. The zero-order valence-corrected chi connectivity index (χ0v) is 20.0. The average molecular weight is 466 g/mol. The van der Waals surface area contributed by atoms with Gasteiger partial charge in [-0.1, -0.05) is 26.0 Å². The van der Waals surface area contributed by atoms with Crippen molar-refractivity contribution in [1.82, 2.24) is 15.2 Å². The van der Waals surface area contributed by atoms with E-state index in [4.69, 9.17) is 4.74 Å². The van der Waals surface area contributed by atoms with Crippen molar-refractivity contribution in [3.63, 3.8) is 0 Å². The number of hydrogen-bond acceptors (Lipinski definition) is 6. The lowest BCUT2D eigenvalue weighted by molar-refractivity contribution is 0.291. The molecule has 0 aliphatic heterocycles. The van der Waals surface area contributed by atoms with Gasteiger partial charge in [0.1, 0.15) is 16.2 Å². The predicted molar refractivity (Wildman–Crippen MR) is 138 cm³/mol. The maximum atomic E-state index is 12.3. The number of pyridine rings is 1. The molecule has 0 amide bonds. The summed E-state index contributed by atoms with van der Waals surface area (Å²) < 4.78 is 6.57. The van der Waals surface area contributed by atoms with Crippen LogP contribution >= 0.6 is 11.3 Å². The van der Waals surface area contributed by atoms with Crippen LogP contribution in [0.3, 0.4) is 0 Å². The molecule has 0 unspecified atom stereocenters. The number of hydrogen-bond donors (Lipinski definition) is 3. The van der Waals surface area contributed by atoms with Crippen LogP contribution in [0.5, 0.6) is 11.5 Å². The van der Waals surface area contributed by atoms with Crippen molar-refractivity contribution in [3.05, 3.63) is 58.2 Å². The molecule has 0 fully saturated rings. The lowest BCUT2D eigenvalue weighted by Crippen LogP contribution is -2.32. The van der Waals surface area contributed by atoms with Gasteiger partial charge < -0.3 is 25.0 Å². The molecule has 33 heavy (non-hydrogen) atoms. The van der Waals surface area contributed by atoms with Gasteiger partial charge in [0.25, 0.3) is 5.56 Å². The molecule has 0 saturated carbocycles. The summed E-state index contributed by atoms with van der Waals surface area (Å²) in [6.45, 7) is 10.2. The maximum absolute atomic E-state index is 12.3. The van der Waals surface area contributed by atoms with E-state index in [0.29, 0.717) is 16.8 Å². The zero-order valence-electron chi connectivity index (χ0n) is 19.2. The van der Waals surface area contributed by atoms with Crippen LogP contribution in [-0.4, -0.2) is 54.3 Å². The summed E-state index contributed by atoms with van der Waals surface area (Å²) in [5.41, 5.74) is 2.21. The van der Waals surface area contributed by atoms with Crippen molar-refractivity contribution < 1.29 is 9.84 Å². The van der Waals surface area contributed by atoms with Crippen molar-refractivity contribution in [2.45, 2.75) is 20.3 Å². The van der Waals surface area contributed by atoms with Crippen LogP contribution in [0.25, 0.3) is 32.1 Å². The molecule has 0 bridgehead atoms. The Morgan fingerprint density at radius 2 is 1.85 bits per heavy atom. The van der Waals surface area contributed by atoms with Gasteiger partial charge in [-0.15, -0.1) is 11.3 Å². The number of phenols is 1. The van der Waals surface area contributed by atoms with Crippen molar-refractivity contribution in [1.29, 1.82) is 0 Å². The minimum Gasteiger partial charge on any atom is -0.507 e. The number of nitrogens with one attached hydrogen (secondary N) is 2. The third kappa shape index (κ3) is 5.21. The van der Waals surface area contributed by atoms with E-state index >= 15 is 0 Å². The van der Waals surface area contributed by atoms with E-state index in [2.05, 4.69) is 29.0 Å². The Kier molecular flexibility index (Phi) is 7.65. The van der Waals surface area contributed by atoms with E-state index in [1.54, 1.807) is 12.1 Å². The molecule has 4 rings (SSSR count). The van der Waals surface area contributed by atoms with Gasteiger partial charge >= 0.3 is 0 Å². The third-order valence-electron chi connectivity index (χ3n) is 5.98. The number of H-pyrrole nitrogens is 1. The summed E-state index contributed by atoms with van der Waals surface area (Å²) in [4.78, 5) is 17.7. The summed E-state index contributed by atoms with van der Waals surface area (Å²) in [6, 6.07) is 13.1. The number of aromatic nitrogens is 1. The van der Waals surface area contributed by atoms with Gasteiger partial charge in [-0.25, -0.2) is 0 Å². The van der Waals surface area contributed by atoms with Crippen molar-refractivity contribution in [2.24, 2.45) is 0 Å². The largest absolute Gasteiger partial charge is 0.507 e. The first kappa shape index (κ1) is 23.3. The van der Waals surface area contributed by atoms with Gasteiger partial charge in [0.15, 0.2) is 0 Å². The zero-order chi connectivity index (χ0) is 23.2. The van der Waals surface area contributed by atoms with E-state index < -0.39 is 0 Å². The summed E-state index contributed by atoms with van der Waals surface area (Å²) in [7, 11) is 0. The average Bonchev–Trinajstić information content (AvgIpc) is 3.33. The van der Waals surface area contributed by atoms with Crippen LogP contribution in [0.15, 0.2) is 52.6 Å². The number of nitrogens with zero attached hydrogens (tertiary/aromatic N) is 1. The third-order valence-corrected chi connectivity index (χ3v) is 6.89. The number of ether oxygens (including phenoxy) is 1. The fourth-order valence-electron chi connectivity index (χ4n) is 4.14. The Hall–Kier alpha value is -2.87. The molecule has 3 N–H and O–H groups in total. The summed E-state index contributed by atoms with van der Waals surface area (Å²) >= 11 is 1.41. The summed E-state index contributed by atoms with van der Waals surface area (Å²) in [5, 5.41) is 17.8. The predicted octanol–water partition coefficient (Wildman–Crippen LogP) is 4.82. The SMILES string of the molecule is CCN(CC)CCNCCCOc1ccc(-c2c(O)ccc3[nH]c(=O)c4sccc4c23)cc1. The van der Waals surface area contributed by atoms with E-state index in [9.17, 15) is 9.90 Å². The number of fused-ring (bicyclic) bond motifs is 3. The maximum Gasteiger partial charge on any atom is 0.266 e. The number of thiophene rings is 1. The molecule has 0 radical (unpaired) electrons. The van der Waals surface area contributed by atoms with Crippen LogP contribution in [0.1, 0.15) is 20.3 Å². The number of benzene rings is 2. The van der Waals surface area contributed by atoms with Gasteiger partial charge in [0.05, 0.1) is 6.61 Å². The Morgan fingerprint density at radius 1 is 1.06 bits per heavy atom. The molecular weight excluding hydrogens is 434 g/mol. The Labute approximate surface area is 197 Å². The number of phenolic OH excluding ortho intramolecular Hbond substituents is 1. The highest BCUT2D eigenvalue weighted by Crippen LogP contribution is 2.40. The van der Waals surface area contributed by atoms with Gasteiger partial charge in [0, 0.05) is 34.9 Å². The highest BCUT2D eigenvalue weighted by molar-refractivity contribution is 7.17. The fraction of sp³-hybridized carbons (Fsp3) is 0.346. The van der Waals surface area contributed by atoms with E-state index in [0.717, 1.165) is 66.8 Å². The molecule has 0 spiro atoms. The molecule has 7 heteroatoms. The van der Waals surface area contributed by atoms with Gasteiger partial charge in [-0.05, 0) is 67.3 Å². The van der Waals surface area contributed by atoms with Gasteiger partial charge in [0.2, 0.25) is 0 Å². The van der Waals surface area contributed by atoms with E-state index in [1.165, 1.54) is 11.3 Å². The van der Waals surface area contributed by atoms with Crippen LogP contribution in [0, 0.1) is 0 Å². The molecule has 4 aromatic rings. The Bertz CT molecular complexity index is 1260. The lowest BCUT2D eigenvalue weighted by Gasteiger charge is -2.18. The molecular formula is C26H31N3O3S. The standard InChI is InChI=1S/C26H31N3O3S/c1-3-29(4-2)15-14-27-13-5-16-32-19-8-6-18(7-9-19)23-22(30)11-10-21-24(23)20-12-17-33-25(20)26(31)28-21/h6-12,17,27,30H,3-5,13-16H2,1-2H3,(H,28,31). The number of aromatic hydroxyl groups is 1. The second-order valence-electron chi connectivity index (χ2n) is 8.00. The first-order valence-corrected chi connectivity index (χ1v) is 12.4. The summed E-state index contributed by atoms with van der Waals surface area (Å²) in [5.74, 6) is 0.988. The smallest absolute Gasteiger partial charge is 0.266 e. The van der Waals surface area contributed by atoms with E-state index in [1.807, 2.05) is 35.7 Å². The van der Waals surface area contributed by atoms with Crippen molar-refractivity contribution >= 4 is 32.3 Å².